The zero-order valence-electron chi connectivity index (χ0n) is 71.0. The first-order valence-corrected chi connectivity index (χ1v) is 42.2. The van der Waals surface area contributed by atoms with E-state index in [9.17, 15) is 39.9 Å². The van der Waals surface area contributed by atoms with Gasteiger partial charge < -0.3 is 28.9 Å². The summed E-state index contributed by atoms with van der Waals surface area (Å²) in [7, 11) is -2.01. The van der Waals surface area contributed by atoms with Crippen LogP contribution in [0.5, 0.6) is 0 Å². The Morgan fingerprint density at radius 1 is 0.358 bits per heavy atom. The number of H-pyrrole nitrogens is 1. The molecular formula is C103H70B2BrF8N16O4. The van der Waals surface area contributed by atoms with Gasteiger partial charge >= 0.3 is 13.2 Å². The number of aromatic nitrogens is 16. The lowest BCUT2D eigenvalue weighted by Gasteiger charge is -2.38. The second kappa shape index (κ2) is 38.1. The Balaban J connectivity index is 0.000000122. The van der Waals surface area contributed by atoms with Crippen LogP contribution in [0.25, 0.3) is 122 Å². The summed E-state index contributed by atoms with van der Waals surface area (Å²) in [5.74, 6) is -6.19. The second-order valence-electron chi connectivity index (χ2n) is 31.4. The van der Waals surface area contributed by atoms with Crippen molar-refractivity contribution in [3.8, 4) is 33.8 Å². The number of hydrogen-bond acceptors (Lipinski definition) is 16. The van der Waals surface area contributed by atoms with Crippen molar-refractivity contribution < 1.29 is 54.7 Å². The highest BCUT2D eigenvalue weighted by atomic mass is 79.9. The van der Waals surface area contributed by atoms with E-state index in [2.05, 4.69) is 219 Å². The molecule has 0 aliphatic carbocycles. The molecule has 0 spiro atoms. The van der Waals surface area contributed by atoms with E-state index in [1.165, 1.54) is 21.3 Å². The van der Waals surface area contributed by atoms with Crippen molar-refractivity contribution in [2.24, 2.45) is 0 Å². The molecule has 6 aromatic carbocycles. The average Bonchev–Trinajstić information content (AvgIpc) is 1.52. The smallest absolute Gasteiger partial charge is 0.443 e. The fourth-order valence-electron chi connectivity index (χ4n) is 16.7. The van der Waals surface area contributed by atoms with Gasteiger partial charge in [-0.2, -0.15) is 17.6 Å². The van der Waals surface area contributed by atoms with Crippen LogP contribution in [0.15, 0.2) is 358 Å². The Kier molecular flexibility index (Phi) is 25.5. The molecule has 0 aliphatic heterocycles. The van der Waals surface area contributed by atoms with Crippen LogP contribution in [-0.2, 0) is 15.8 Å². The maximum absolute atomic E-state index is 14.9. The van der Waals surface area contributed by atoms with Crippen LogP contribution in [0.3, 0.4) is 0 Å². The highest BCUT2D eigenvalue weighted by molar-refractivity contribution is 9.10. The summed E-state index contributed by atoms with van der Waals surface area (Å²) in [4.78, 5) is 64.9. The van der Waals surface area contributed by atoms with Gasteiger partial charge in [0.2, 0.25) is 23.8 Å². The van der Waals surface area contributed by atoms with Gasteiger partial charge in [0.1, 0.15) is 44.0 Å². The topological polar surface area (TPSA) is 252 Å². The first-order chi connectivity index (χ1) is 64.5. The van der Waals surface area contributed by atoms with Crippen molar-refractivity contribution >= 4 is 131 Å². The van der Waals surface area contributed by atoms with Gasteiger partial charge in [0.05, 0.1) is 63.9 Å². The Morgan fingerprint density at radius 3 is 1.08 bits per heavy atom. The summed E-state index contributed by atoms with van der Waals surface area (Å²) in [6.07, 6.45) is 16.5. The predicted molar refractivity (Wildman–Crippen MR) is 504 cm³/mol. The zero-order chi connectivity index (χ0) is 92.2. The number of nitrogens with one attached hydrogen (secondary N) is 1. The molecule has 22 aromatic rings. The van der Waals surface area contributed by atoms with Gasteiger partial charge in [-0.05, 0) is 149 Å². The van der Waals surface area contributed by atoms with Gasteiger partial charge in [-0.15, -0.1) is 0 Å². The summed E-state index contributed by atoms with van der Waals surface area (Å²) in [6.45, 7) is 5.27. The number of nitrogens with zero attached hydrogens (tertiary/aromatic N) is 15. The van der Waals surface area contributed by atoms with Crippen LogP contribution in [0.1, 0.15) is 54.2 Å². The Labute approximate surface area is 769 Å². The number of fused-ring (bicyclic) bond motifs is 12. The molecular weight excluding hydrogens is 1780 g/mol. The molecule has 3 N–H and O–H groups in total. The van der Waals surface area contributed by atoms with E-state index in [1.807, 2.05) is 104 Å². The maximum Gasteiger partial charge on any atom is 0.491 e. The third kappa shape index (κ3) is 17.3. The number of aromatic amines is 1. The van der Waals surface area contributed by atoms with E-state index >= 15 is 0 Å². The van der Waals surface area contributed by atoms with E-state index in [4.69, 9.17) is 24.8 Å². The minimum atomic E-state index is -2.01. The SMILES string of the molecule is Brc1ccc2c3cnccc3n(C(c3ccccc3)(c3ccccc3)c3ccccc3)c2n1.CC(C)(C)OC(=O)n1c2ccncc2c2ccc(-c3cc(F)ncc3F)nc21.Fc1cc(-c2ccc3c(n2)[nH]c2ccncc23)c(F)cn1.Fc1cc(-c2ccc3c4cnccc4n(C(c4ccccc4)(c4ccccc4)c4ccccc4)c3n2)c(F)cn1.OB(O)c1cc(F)ncc1F.[B]. The highest BCUT2D eigenvalue weighted by Gasteiger charge is 2.43. The lowest BCUT2D eigenvalue weighted by atomic mass is 9.76. The summed E-state index contributed by atoms with van der Waals surface area (Å²) in [5.41, 5.74) is 10.6. The van der Waals surface area contributed by atoms with Gasteiger partial charge in [0.15, 0.2) is 23.1 Å². The molecule has 3 radical (unpaired) electrons. The number of carbonyl (C=O) groups is 1. The molecule has 0 saturated carbocycles. The number of hydrogen-bond donors (Lipinski definition) is 3. The third-order valence-electron chi connectivity index (χ3n) is 22.3. The molecule has 0 fully saturated rings. The zero-order valence-corrected chi connectivity index (χ0v) is 72.5. The minimum Gasteiger partial charge on any atom is -0.443 e. The quantitative estimate of drug-likeness (QED) is 0.0445. The molecule has 22 rings (SSSR count). The van der Waals surface area contributed by atoms with E-state index in [0.717, 1.165) is 113 Å². The van der Waals surface area contributed by atoms with Crippen LogP contribution < -0.4 is 5.46 Å². The van der Waals surface area contributed by atoms with Crippen LogP contribution in [0.4, 0.5) is 39.9 Å². The summed E-state index contributed by atoms with van der Waals surface area (Å²) in [6, 6.07) is 88.6. The number of pyridine rings is 12. The molecule has 0 bridgehead atoms. The van der Waals surface area contributed by atoms with E-state index in [1.54, 1.807) is 82.1 Å². The number of rotatable bonds is 12. The van der Waals surface area contributed by atoms with Gasteiger partial charge in [0.25, 0.3) is 0 Å². The summed E-state index contributed by atoms with van der Waals surface area (Å²) in [5, 5.41) is 24.0. The van der Waals surface area contributed by atoms with Gasteiger partial charge in [-0.25, -0.2) is 66.8 Å². The fraction of sp³-hybridized carbons (Fsp3) is 0.0583. The van der Waals surface area contributed by atoms with E-state index < -0.39 is 82.4 Å². The number of benzene rings is 6. The molecule has 0 saturated heterocycles. The molecule has 0 unspecified atom stereocenters. The summed E-state index contributed by atoms with van der Waals surface area (Å²) < 4.78 is 121. The van der Waals surface area contributed by atoms with E-state index in [-0.39, 0.29) is 36.4 Å². The van der Waals surface area contributed by atoms with Crippen molar-refractivity contribution in [3.05, 3.63) is 438 Å². The van der Waals surface area contributed by atoms with Gasteiger partial charge in [-0.3, -0.25) is 19.9 Å². The van der Waals surface area contributed by atoms with Crippen LogP contribution >= 0.6 is 15.9 Å². The van der Waals surface area contributed by atoms with Crippen LogP contribution in [0.2, 0.25) is 0 Å². The van der Waals surface area contributed by atoms with Crippen molar-refractivity contribution in [1.82, 2.24) is 78.5 Å². The van der Waals surface area contributed by atoms with Crippen molar-refractivity contribution in [1.29, 1.82) is 0 Å². The van der Waals surface area contributed by atoms with Gasteiger partial charge in [-0.1, -0.05) is 182 Å². The molecule has 0 atom stereocenters. The third-order valence-corrected chi connectivity index (χ3v) is 22.7. The maximum atomic E-state index is 14.9. The number of ether oxygens (including phenoxy) is 1. The lowest BCUT2D eigenvalue weighted by molar-refractivity contribution is 0.0550. The molecule has 20 nitrogen and oxygen atoms in total. The van der Waals surface area contributed by atoms with Crippen molar-refractivity contribution in [3.63, 3.8) is 0 Å². The molecule has 655 valence electrons. The summed E-state index contributed by atoms with van der Waals surface area (Å²) >= 11 is 3.62. The molecule has 31 heteroatoms. The Morgan fingerprint density at radius 2 is 0.687 bits per heavy atom. The molecule has 0 aliphatic rings. The van der Waals surface area contributed by atoms with Gasteiger partial charge in [0, 0.05) is 141 Å². The highest BCUT2D eigenvalue weighted by Crippen LogP contribution is 2.49. The standard InChI is InChI=1S/C34H22F2N4.C29H20BrN3.C20H16F2N4O2.C15H8F2N4.C5H4BF2NO2.B/c35-29-22-38-32(36)20-27(29)30-17-16-26-28-21-37-19-18-31(28)40(33(26)39-30)34(23-10-4-1-5-11-23,24-12-6-2-7-13-24)25-14-8-3-9-15-25;30-27-17-16-24-25-20-31-19-18-26(25)33(28(24)32-27)29(21-10-4-1-5-11-21,22-12-6-2-7-13-22)23-14-8-3-9-15-23;1-20(2,3)28-19(27)26-16-6-7-23-9-13(16)11-4-5-15(25-18(11)26)12-8-17(22)24-10-14(12)21;16-11-7-19-14(17)5-9(11)12-2-1-8-10-6-18-4-3-13(10)21-15(8)20-12;7-4-2-9-5(8)1-3(4)6(10)11;/h1-22H;1-20H;4-10H,1-3H3;1-7H,(H,20,21);1-2,10-11H;. The van der Waals surface area contributed by atoms with Crippen molar-refractivity contribution in [2.45, 2.75) is 37.5 Å². The predicted octanol–water partition coefficient (Wildman–Crippen LogP) is 21.8. The largest absolute Gasteiger partial charge is 0.491 e. The Bertz CT molecular complexity index is 7890. The monoisotopic (exact) mass is 1850 g/mol. The second-order valence-corrected chi connectivity index (χ2v) is 32.2. The minimum absolute atomic E-state index is 0. The molecule has 134 heavy (non-hydrogen) atoms. The first kappa shape index (κ1) is 89.7. The van der Waals surface area contributed by atoms with Crippen LogP contribution in [0, 0.1) is 47.1 Å². The number of halogens is 9. The van der Waals surface area contributed by atoms with Crippen LogP contribution in [-0.4, -0.2) is 116 Å². The average molecular weight is 1850 g/mol. The van der Waals surface area contributed by atoms with Crippen molar-refractivity contribution in [2.75, 3.05) is 0 Å². The molecule has 16 aromatic heterocycles. The molecule has 16 heterocycles. The Hall–Kier alpha value is -16.2. The lowest BCUT2D eigenvalue weighted by Crippen LogP contribution is -2.37. The normalized spacial score (nSPS) is 11.5. The first-order valence-electron chi connectivity index (χ1n) is 41.4. The van der Waals surface area contributed by atoms with E-state index in [0.29, 0.717) is 51.2 Å². The fourth-order valence-corrected chi connectivity index (χ4v) is 17.0. The number of carbonyl (C=O) groups excluding carboxylic acids is 1. The molecule has 0 amide bonds.